The van der Waals surface area contributed by atoms with Crippen LogP contribution in [0.4, 0.5) is 0 Å². The van der Waals surface area contributed by atoms with Crippen molar-refractivity contribution in [3.63, 3.8) is 0 Å². The first-order valence-corrected chi connectivity index (χ1v) is 9.65. The van der Waals surface area contributed by atoms with Crippen molar-refractivity contribution < 1.29 is 14.1 Å². The van der Waals surface area contributed by atoms with Crippen molar-refractivity contribution in [1.82, 2.24) is 15.5 Å². The summed E-state index contributed by atoms with van der Waals surface area (Å²) in [5.74, 6) is 1.35. The van der Waals surface area contributed by atoms with Crippen LogP contribution >= 0.6 is 11.6 Å². The SMILES string of the molecule is O=C(COc1cccc2c1CCCC2)NCc1nc(-c2ccc(Cl)cc2)no1. The summed E-state index contributed by atoms with van der Waals surface area (Å²) >= 11 is 5.88. The first kappa shape index (κ1) is 18.5. The normalized spacial score (nSPS) is 13.0. The third-order valence-corrected chi connectivity index (χ3v) is 4.97. The molecule has 0 aliphatic heterocycles. The van der Waals surface area contributed by atoms with E-state index >= 15 is 0 Å². The number of nitrogens with one attached hydrogen (secondary N) is 1. The molecule has 2 aromatic carbocycles. The van der Waals surface area contributed by atoms with Gasteiger partial charge in [0.2, 0.25) is 11.7 Å². The number of nitrogens with zero attached hydrogens (tertiary/aromatic N) is 2. The van der Waals surface area contributed by atoms with E-state index in [1.807, 2.05) is 24.3 Å². The first-order valence-electron chi connectivity index (χ1n) is 9.28. The topological polar surface area (TPSA) is 77.2 Å². The van der Waals surface area contributed by atoms with Gasteiger partial charge >= 0.3 is 0 Å². The average Bonchev–Trinajstić information content (AvgIpc) is 3.20. The van der Waals surface area contributed by atoms with Gasteiger partial charge in [-0.1, -0.05) is 28.9 Å². The van der Waals surface area contributed by atoms with E-state index in [0.717, 1.165) is 30.6 Å². The van der Waals surface area contributed by atoms with Crippen molar-refractivity contribution in [2.24, 2.45) is 0 Å². The van der Waals surface area contributed by atoms with Crippen LogP contribution in [-0.2, 0) is 24.2 Å². The van der Waals surface area contributed by atoms with E-state index in [1.54, 1.807) is 12.1 Å². The molecule has 1 aromatic heterocycles. The van der Waals surface area contributed by atoms with Gasteiger partial charge in [-0.25, -0.2) is 0 Å². The van der Waals surface area contributed by atoms with Crippen LogP contribution in [0.5, 0.6) is 5.75 Å². The molecule has 0 saturated carbocycles. The van der Waals surface area contributed by atoms with Gasteiger partial charge in [-0.15, -0.1) is 0 Å². The van der Waals surface area contributed by atoms with Gasteiger partial charge in [0.25, 0.3) is 5.91 Å². The molecule has 0 atom stereocenters. The molecule has 6 nitrogen and oxygen atoms in total. The van der Waals surface area contributed by atoms with Crippen LogP contribution in [-0.4, -0.2) is 22.7 Å². The van der Waals surface area contributed by atoms with Crippen LogP contribution in [0, 0.1) is 0 Å². The van der Waals surface area contributed by atoms with Crippen LogP contribution in [0.1, 0.15) is 29.9 Å². The molecule has 1 N–H and O–H groups in total. The minimum absolute atomic E-state index is 0.0470. The van der Waals surface area contributed by atoms with Gasteiger partial charge in [-0.3, -0.25) is 4.79 Å². The summed E-state index contributed by atoms with van der Waals surface area (Å²) in [5, 5.41) is 7.30. The molecule has 1 aliphatic carbocycles. The summed E-state index contributed by atoms with van der Waals surface area (Å²) in [7, 11) is 0. The quantitative estimate of drug-likeness (QED) is 0.681. The Labute approximate surface area is 167 Å². The Morgan fingerprint density at radius 1 is 1.14 bits per heavy atom. The number of ether oxygens (including phenoxy) is 1. The smallest absolute Gasteiger partial charge is 0.258 e. The third-order valence-electron chi connectivity index (χ3n) is 4.72. The van der Waals surface area contributed by atoms with Crippen LogP contribution in [0.3, 0.4) is 0 Å². The highest BCUT2D eigenvalue weighted by Gasteiger charge is 2.15. The standard InChI is InChI=1S/C21H20ClN3O3/c22-16-10-8-15(9-11-16)21-24-20(28-25-21)12-23-19(26)13-27-18-7-3-5-14-4-1-2-6-17(14)18/h3,5,7-11H,1-2,4,6,12-13H2,(H,23,26). The lowest BCUT2D eigenvalue weighted by Crippen LogP contribution is -2.28. The molecule has 0 bridgehead atoms. The molecule has 0 saturated heterocycles. The molecule has 28 heavy (non-hydrogen) atoms. The number of carbonyl (C=O) groups excluding carboxylic acids is 1. The molecule has 7 heteroatoms. The van der Waals surface area contributed by atoms with Crippen molar-refractivity contribution in [3.05, 3.63) is 64.5 Å². The Morgan fingerprint density at radius 3 is 2.82 bits per heavy atom. The molecule has 1 amide bonds. The van der Waals surface area contributed by atoms with Gasteiger partial charge in [0, 0.05) is 10.6 Å². The summed E-state index contributed by atoms with van der Waals surface area (Å²) in [6.07, 6.45) is 4.44. The van der Waals surface area contributed by atoms with Gasteiger partial charge in [0.1, 0.15) is 5.75 Å². The van der Waals surface area contributed by atoms with Crippen LogP contribution in [0.2, 0.25) is 5.02 Å². The lowest BCUT2D eigenvalue weighted by atomic mass is 9.91. The predicted molar refractivity (Wildman–Crippen MR) is 105 cm³/mol. The monoisotopic (exact) mass is 397 g/mol. The summed E-state index contributed by atoms with van der Waals surface area (Å²) in [6.45, 7) is 0.101. The van der Waals surface area contributed by atoms with Crippen molar-refractivity contribution in [1.29, 1.82) is 0 Å². The maximum absolute atomic E-state index is 12.1. The summed E-state index contributed by atoms with van der Waals surface area (Å²) < 4.78 is 10.9. The first-order chi connectivity index (χ1) is 13.7. The van der Waals surface area contributed by atoms with E-state index < -0.39 is 0 Å². The highest BCUT2D eigenvalue weighted by atomic mass is 35.5. The van der Waals surface area contributed by atoms with Crippen molar-refractivity contribution in [3.8, 4) is 17.1 Å². The molecule has 1 heterocycles. The van der Waals surface area contributed by atoms with Crippen LogP contribution in [0.15, 0.2) is 47.0 Å². The predicted octanol–water partition coefficient (Wildman–Crippen LogP) is 3.96. The van der Waals surface area contributed by atoms with Crippen molar-refractivity contribution in [2.75, 3.05) is 6.61 Å². The van der Waals surface area contributed by atoms with Crippen molar-refractivity contribution in [2.45, 2.75) is 32.2 Å². The number of fused-ring (bicyclic) bond motifs is 1. The van der Waals surface area contributed by atoms with Gasteiger partial charge in [-0.2, -0.15) is 4.98 Å². The fourth-order valence-corrected chi connectivity index (χ4v) is 3.42. The lowest BCUT2D eigenvalue weighted by molar-refractivity contribution is -0.123. The van der Waals surface area contributed by atoms with E-state index in [9.17, 15) is 4.79 Å². The molecule has 0 unspecified atom stereocenters. The summed E-state index contributed by atoms with van der Waals surface area (Å²) in [6, 6.07) is 13.2. The zero-order chi connectivity index (χ0) is 19.3. The number of halogens is 1. The lowest BCUT2D eigenvalue weighted by Gasteiger charge is -2.19. The zero-order valence-corrected chi connectivity index (χ0v) is 16.0. The third kappa shape index (κ3) is 4.34. The maximum atomic E-state index is 12.1. The molecular formula is C21H20ClN3O3. The molecular weight excluding hydrogens is 378 g/mol. The van der Waals surface area contributed by atoms with E-state index in [-0.39, 0.29) is 19.1 Å². The number of amides is 1. The molecule has 144 valence electrons. The van der Waals surface area contributed by atoms with E-state index in [2.05, 4.69) is 21.5 Å². The van der Waals surface area contributed by atoms with E-state index in [4.69, 9.17) is 20.9 Å². The number of hydrogen-bond donors (Lipinski definition) is 1. The Bertz CT molecular complexity index is 969. The number of aromatic nitrogens is 2. The highest BCUT2D eigenvalue weighted by molar-refractivity contribution is 6.30. The van der Waals surface area contributed by atoms with Gasteiger partial charge in [-0.05, 0) is 67.1 Å². The molecule has 1 aliphatic rings. The molecule has 3 aromatic rings. The molecule has 0 fully saturated rings. The fraction of sp³-hybridized carbons (Fsp3) is 0.286. The van der Waals surface area contributed by atoms with Crippen LogP contribution < -0.4 is 10.1 Å². The number of carbonyl (C=O) groups is 1. The second-order valence-corrected chi connectivity index (χ2v) is 7.12. The fourth-order valence-electron chi connectivity index (χ4n) is 3.29. The summed E-state index contributed by atoms with van der Waals surface area (Å²) in [4.78, 5) is 16.4. The Balaban J connectivity index is 1.30. The molecule has 4 rings (SSSR count). The minimum Gasteiger partial charge on any atom is -0.483 e. The van der Waals surface area contributed by atoms with E-state index in [0.29, 0.717) is 16.7 Å². The largest absolute Gasteiger partial charge is 0.483 e. The number of hydrogen-bond acceptors (Lipinski definition) is 5. The van der Waals surface area contributed by atoms with Gasteiger partial charge < -0.3 is 14.6 Å². The minimum atomic E-state index is -0.236. The second-order valence-electron chi connectivity index (χ2n) is 6.68. The number of benzene rings is 2. The number of aryl methyl sites for hydroxylation is 1. The summed E-state index contributed by atoms with van der Waals surface area (Å²) in [5.41, 5.74) is 3.35. The van der Waals surface area contributed by atoms with Crippen LogP contribution in [0.25, 0.3) is 11.4 Å². The Hall–Kier alpha value is -2.86. The van der Waals surface area contributed by atoms with Crippen molar-refractivity contribution >= 4 is 17.5 Å². The average molecular weight is 398 g/mol. The Kier molecular flexibility index (Phi) is 5.58. The van der Waals surface area contributed by atoms with Gasteiger partial charge in [0.15, 0.2) is 6.61 Å². The molecule has 0 radical (unpaired) electrons. The van der Waals surface area contributed by atoms with E-state index in [1.165, 1.54) is 17.5 Å². The number of rotatable bonds is 6. The highest BCUT2D eigenvalue weighted by Crippen LogP contribution is 2.29. The second kappa shape index (κ2) is 8.44. The maximum Gasteiger partial charge on any atom is 0.258 e. The molecule has 0 spiro atoms. The Morgan fingerprint density at radius 2 is 1.96 bits per heavy atom. The van der Waals surface area contributed by atoms with Gasteiger partial charge in [0.05, 0.1) is 6.54 Å². The zero-order valence-electron chi connectivity index (χ0n) is 15.3.